The lowest BCUT2D eigenvalue weighted by Crippen LogP contribution is -2.30. The molecule has 0 bridgehead atoms. The molecule has 0 saturated heterocycles. The highest BCUT2D eigenvalue weighted by Crippen LogP contribution is 2.31. The number of hydrogen-bond donors (Lipinski definition) is 3. The maximum atomic E-state index is 6.51. The van der Waals surface area contributed by atoms with Gasteiger partial charge in [0.25, 0.3) is 0 Å². The Morgan fingerprint density at radius 3 is 2.68 bits per heavy atom. The second-order valence-corrected chi connectivity index (χ2v) is 8.44. The summed E-state index contributed by atoms with van der Waals surface area (Å²) < 4.78 is 0. The topological polar surface area (TPSA) is 49.0 Å². The van der Waals surface area contributed by atoms with Gasteiger partial charge in [0.2, 0.25) is 0 Å². The molecule has 1 aromatic heterocycles. The first kappa shape index (κ1) is 19.7. The second kappa shape index (κ2) is 9.73. The van der Waals surface area contributed by atoms with Crippen molar-refractivity contribution >= 4 is 17.3 Å². The zero-order chi connectivity index (χ0) is 19.2. The molecule has 1 aliphatic heterocycles. The molecule has 2 aromatic rings. The van der Waals surface area contributed by atoms with Gasteiger partial charge in [-0.25, -0.2) is 0 Å². The molecule has 1 aromatic carbocycles. The van der Waals surface area contributed by atoms with Gasteiger partial charge in [0, 0.05) is 18.8 Å². The first-order valence-electron chi connectivity index (χ1n) is 10.7. The number of benzene rings is 1. The first-order valence-corrected chi connectivity index (χ1v) is 11.1. The standard InChI is InChI=1S/C23H31ClN4/c24-22-9-7-18-10-12-25-13-11-21(18)23(22)28-16-20-8-6-17(15-27-20)14-26-19-4-2-1-3-5-19/h6-9,15,19,25-26,28H,1-5,10-14,16H2. The Balaban J connectivity index is 1.35. The minimum Gasteiger partial charge on any atom is -0.378 e. The molecule has 0 unspecified atom stereocenters. The van der Waals surface area contributed by atoms with Crippen molar-refractivity contribution in [3.8, 4) is 0 Å². The SMILES string of the molecule is Clc1ccc2c(c1NCc1ccc(CNC3CCCCC3)cn1)CCNCC2. The Labute approximate surface area is 173 Å². The normalized spacial score (nSPS) is 17.8. The van der Waals surface area contributed by atoms with Crippen molar-refractivity contribution < 1.29 is 0 Å². The fourth-order valence-corrected chi connectivity index (χ4v) is 4.59. The van der Waals surface area contributed by atoms with Crippen LogP contribution in [0.25, 0.3) is 0 Å². The zero-order valence-corrected chi connectivity index (χ0v) is 17.3. The number of hydrogen-bond acceptors (Lipinski definition) is 4. The largest absolute Gasteiger partial charge is 0.378 e. The van der Waals surface area contributed by atoms with E-state index in [1.165, 1.54) is 48.8 Å². The van der Waals surface area contributed by atoms with Gasteiger partial charge in [-0.05, 0) is 67.6 Å². The molecule has 4 rings (SSSR count). The van der Waals surface area contributed by atoms with Crippen LogP contribution in [-0.4, -0.2) is 24.1 Å². The van der Waals surface area contributed by atoms with Crippen molar-refractivity contribution in [3.05, 3.63) is 57.9 Å². The summed E-state index contributed by atoms with van der Waals surface area (Å²) in [5, 5.41) is 11.5. The minimum atomic E-state index is 0.681. The van der Waals surface area contributed by atoms with Crippen molar-refractivity contribution in [2.45, 2.75) is 64.1 Å². The van der Waals surface area contributed by atoms with Crippen LogP contribution >= 0.6 is 11.6 Å². The summed E-state index contributed by atoms with van der Waals surface area (Å²) in [6, 6.07) is 9.18. The average molecular weight is 399 g/mol. The number of rotatable bonds is 6. The number of nitrogens with one attached hydrogen (secondary N) is 3. The summed E-state index contributed by atoms with van der Waals surface area (Å²) in [5.41, 5.74) is 6.13. The van der Waals surface area contributed by atoms with Gasteiger partial charge in [0.05, 0.1) is 22.9 Å². The molecule has 0 atom stereocenters. The van der Waals surface area contributed by atoms with Crippen LogP contribution in [0.1, 0.15) is 54.5 Å². The Hall–Kier alpha value is -1.62. The van der Waals surface area contributed by atoms with Gasteiger partial charge in [-0.2, -0.15) is 0 Å². The molecule has 2 heterocycles. The van der Waals surface area contributed by atoms with E-state index in [0.29, 0.717) is 12.6 Å². The third kappa shape index (κ3) is 5.05. The van der Waals surface area contributed by atoms with Crippen LogP contribution in [0.4, 0.5) is 5.69 Å². The number of pyridine rings is 1. The van der Waals surface area contributed by atoms with Crippen molar-refractivity contribution in [2.24, 2.45) is 0 Å². The van der Waals surface area contributed by atoms with Crippen LogP contribution in [0, 0.1) is 0 Å². The van der Waals surface area contributed by atoms with Crippen molar-refractivity contribution in [1.29, 1.82) is 0 Å². The van der Waals surface area contributed by atoms with Crippen LogP contribution in [-0.2, 0) is 25.9 Å². The lowest BCUT2D eigenvalue weighted by Gasteiger charge is -2.22. The smallest absolute Gasteiger partial charge is 0.0640 e. The Bertz CT molecular complexity index is 769. The minimum absolute atomic E-state index is 0.681. The maximum Gasteiger partial charge on any atom is 0.0640 e. The Morgan fingerprint density at radius 1 is 1.00 bits per heavy atom. The second-order valence-electron chi connectivity index (χ2n) is 8.04. The van der Waals surface area contributed by atoms with Crippen LogP contribution < -0.4 is 16.0 Å². The van der Waals surface area contributed by atoms with Gasteiger partial charge in [-0.3, -0.25) is 4.98 Å². The van der Waals surface area contributed by atoms with Crippen molar-refractivity contribution in [2.75, 3.05) is 18.4 Å². The predicted molar refractivity (Wildman–Crippen MR) is 117 cm³/mol. The predicted octanol–water partition coefficient (Wildman–Crippen LogP) is 4.46. The molecule has 150 valence electrons. The van der Waals surface area contributed by atoms with Crippen LogP contribution in [0.3, 0.4) is 0 Å². The van der Waals surface area contributed by atoms with Crippen LogP contribution in [0.15, 0.2) is 30.5 Å². The Kier molecular flexibility index (Phi) is 6.84. The summed E-state index contributed by atoms with van der Waals surface area (Å²) in [4.78, 5) is 4.66. The molecular weight excluding hydrogens is 368 g/mol. The molecule has 5 heteroatoms. The molecule has 0 spiro atoms. The Morgan fingerprint density at radius 2 is 1.86 bits per heavy atom. The third-order valence-corrected chi connectivity index (χ3v) is 6.33. The maximum absolute atomic E-state index is 6.51. The van der Waals surface area contributed by atoms with E-state index in [1.54, 1.807) is 0 Å². The summed E-state index contributed by atoms with van der Waals surface area (Å²) in [6.07, 6.45) is 10.8. The molecule has 1 aliphatic carbocycles. The van der Waals surface area contributed by atoms with Crippen LogP contribution in [0.2, 0.25) is 5.02 Å². The quantitative estimate of drug-likeness (QED) is 0.672. The number of fused-ring (bicyclic) bond motifs is 1. The van der Waals surface area contributed by atoms with E-state index in [4.69, 9.17) is 11.6 Å². The molecule has 3 N–H and O–H groups in total. The highest BCUT2D eigenvalue weighted by atomic mass is 35.5. The van der Waals surface area contributed by atoms with E-state index in [0.717, 1.165) is 48.9 Å². The molecule has 0 radical (unpaired) electrons. The van der Waals surface area contributed by atoms with Crippen LogP contribution in [0.5, 0.6) is 0 Å². The van der Waals surface area contributed by atoms with E-state index in [1.807, 2.05) is 12.3 Å². The van der Waals surface area contributed by atoms with E-state index in [9.17, 15) is 0 Å². The number of halogens is 1. The molecule has 0 amide bonds. The molecule has 4 nitrogen and oxygen atoms in total. The summed E-state index contributed by atoms with van der Waals surface area (Å²) in [6.45, 7) is 3.64. The first-order chi connectivity index (χ1) is 13.8. The molecular formula is C23H31ClN4. The molecule has 1 fully saturated rings. The van der Waals surface area contributed by atoms with E-state index >= 15 is 0 Å². The molecule has 2 aliphatic rings. The summed E-state index contributed by atoms with van der Waals surface area (Å²) >= 11 is 6.51. The van der Waals surface area contributed by atoms with Crippen molar-refractivity contribution in [3.63, 3.8) is 0 Å². The number of nitrogens with zero attached hydrogens (tertiary/aromatic N) is 1. The van der Waals surface area contributed by atoms with E-state index in [-0.39, 0.29) is 0 Å². The van der Waals surface area contributed by atoms with E-state index < -0.39 is 0 Å². The van der Waals surface area contributed by atoms with Gasteiger partial charge >= 0.3 is 0 Å². The fraction of sp³-hybridized carbons (Fsp3) is 0.522. The monoisotopic (exact) mass is 398 g/mol. The van der Waals surface area contributed by atoms with Gasteiger partial charge in [0.15, 0.2) is 0 Å². The summed E-state index contributed by atoms with van der Waals surface area (Å²) in [5.74, 6) is 0. The van der Waals surface area contributed by atoms with E-state index in [2.05, 4.69) is 39.1 Å². The van der Waals surface area contributed by atoms with Crippen molar-refractivity contribution in [1.82, 2.24) is 15.6 Å². The lowest BCUT2D eigenvalue weighted by atomic mass is 9.95. The van der Waals surface area contributed by atoms with Gasteiger partial charge < -0.3 is 16.0 Å². The molecule has 1 saturated carbocycles. The highest BCUT2D eigenvalue weighted by Gasteiger charge is 2.15. The average Bonchev–Trinajstić information content (AvgIpc) is 2.99. The fourth-order valence-electron chi connectivity index (χ4n) is 4.35. The lowest BCUT2D eigenvalue weighted by molar-refractivity contribution is 0.372. The highest BCUT2D eigenvalue weighted by molar-refractivity contribution is 6.33. The van der Waals surface area contributed by atoms with Gasteiger partial charge in [-0.15, -0.1) is 0 Å². The molecule has 28 heavy (non-hydrogen) atoms. The zero-order valence-electron chi connectivity index (χ0n) is 16.6. The van der Waals surface area contributed by atoms with Gasteiger partial charge in [0.1, 0.15) is 0 Å². The van der Waals surface area contributed by atoms with Gasteiger partial charge in [-0.1, -0.05) is 43.0 Å². The number of aromatic nitrogens is 1. The third-order valence-electron chi connectivity index (χ3n) is 6.01. The summed E-state index contributed by atoms with van der Waals surface area (Å²) in [7, 11) is 0. The number of anilines is 1.